The molecule has 0 spiro atoms. The Bertz CT molecular complexity index is 880. The van der Waals surface area contributed by atoms with Gasteiger partial charge in [-0.1, -0.05) is 12.1 Å². The van der Waals surface area contributed by atoms with Crippen molar-refractivity contribution in [2.45, 2.75) is 19.4 Å². The number of carbonyl (C=O) groups excluding carboxylic acids is 1. The van der Waals surface area contributed by atoms with E-state index in [2.05, 4.69) is 10.5 Å². The Balaban J connectivity index is 1.42. The first-order valence-electron chi connectivity index (χ1n) is 8.83. The number of nitrogens with one attached hydrogen (secondary N) is 1. The number of benzene rings is 2. The quantitative estimate of drug-likeness (QED) is 0.665. The summed E-state index contributed by atoms with van der Waals surface area (Å²) in [6, 6.07) is 12.8. The first kappa shape index (κ1) is 17.2. The molecule has 27 heavy (non-hydrogen) atoms. The number of hydrogen-bond donors (Lipinski definition) is 1. The molecule has 0 fully saturated rings. The van der Waals surface area contributed by atoms with Crippen LogP contribution in [0.3, 0.4) is 0 Å². The third kappa shape index (κ3) is 3.81. The Morgan fingerprint density at radius 3 is 2.59 bits per heavy atom. The van der Waals surface area contributed by atoms with E-state index in [9.17, 15) is 4.79 Å². The normalized spacial score (nSPS) is 18.4. The lowest BCUT2D eigenvalue weighted by molar-refractivity contribution is -0.130. The van der Waals surface area contributed by atoms with Crippen LogP contribution in [-0.4, -0.2) is 37.5 Å². The summed E-state index contributed by atoms with van der Waals surface area (Å²) in [7, 11) is 0. The minimum Gasteiger partial charge on any atom is -0.490 e. The highest BCUT2D eigenvalue weighted by Gasteiger charge is 2.27. The Kier molecular flexibility index (Phi) is 4.82. The van der Waals surface area contributed by atoms with Crippen LogP contribution in [0.1, 0.15) is 18.9 Å². The molecule has 4 rings (SSSR count). The van der Waals surface area contributed by atoms with Crippen molar-refractivity contribution in [2.24, 2.45) is 5.10 Å². The molecule has 0 unspecified atom stereocenters. The number of hydrogen-bond acceptors (Lipinski definition) is 6. The Morgan fingerprint density at radius 1 is 1.00 bits per heavy atom. The summed E-state index contributed by atoms with van der Waals surface area (Å²) in [6.07, 6.45) is 0.0972. The number of para-hydroxylation sites is 2. The molecule has 2 aliphatic rings. The molecule has 0 radical (unpaired) electrons. The Morgan fingerprint density at radius 2 is 1.74 bits per heavy atom. The van der Waals surface area contributed by atoms with E-state index < -0.39 is 6.10 Å². The molecule has 2 aromatic rings. The first-order valence-corrected chi connectivity index (χ1v) is 8.83. The number of amides is 1. The topological polar surface area (TPSA) is 78.4 Å². The minimum absolute atomic E-state index is 0.140. The van der Waals surface area contributed by atoms with Gasteiger partial charge in [-0.3, -0.25) is 4.79 Å². The molecule has 0 saturated carbocycles. The molecule has 140 valence electrons. The zero-order valence-corrected chi connectivity index (χ0v) is 14.9. The van der Waals surface area contributed by atoms with Gasteiger partial charge in [-0.15, -0.1) is 0 Å². The predicted octanol–water partition coefficient (Wildman–Crippen LogP) is 2.53. The van der Waals surface area contributed by atoms with Crippen molar-refractivity contribution in [3.8, 4) is 23.0 Å². The molecule has 2 heterocycles. The van der Waals surface area contributed by atoms with E-state index in [0.717, 1.165) is 17.7 Å². The summed E-state index contributed by atoms with van der Waals surface area (Å²) in [4.78, 5) is 12.4. The molecule has 0 aliphatic carbocycles. The summed E-state index contributed by atoms with van der Waals surface area (Å²) in [5, 5.41) is 4.18. The average molecular weight is 368 g/mol. The van der Waals surface area contributed by atoms with E-state index in [0.29, 0.717) is 36.2 Å². The van der Waals surface area contributed by atoms with E-state index in [1.807, 2.05) is 37.3 Å². The van der Waals surface area contributed by atoms with Crippen LogP contribution in [0.5, 0.6) is 23.0 Å². The number of rotatable bonds is 3. The second kappa shape index (κ2) is 7.57. The monoisotopic (exact) mass is 368 g/mol. The van der Waals surface area contributed by atoms with E-state index in [-0.39, 0.29) is 12.5 Å². The standard InChI is InChI=1S/C20H20N2O5/c1-13(14-7-8-16-18(11-14)25-10-4-9-24-16)21-22-20(23)19-12-26-15-5-2-3-6-17(15)27-19/h2-3,5-8,11,19H,4,9-10,12H2,1H3,(H,22,23)/b21-13-/t19-/m1/s1. The second-order valence-corrected chi connectivity index (χ2v) is 6.25. The van der Waals surface area contributed by atoms with Crippen LogP contribution in [0.25, 0.3) is 0 Å². The second-order valence-electron chi connectivity index (χ2n) is 6.25. The summed E-state index contributed by atoms with van der Waals surface area (Å²) >= 11 is 0. The van der Waals surface area contributed by atoms with Gasteiger partial charge in [-0.2, -0.15) is 5.10 Å². The molecule has 2 aliphatic heterocycles. The third-order valence-electron chi connectivity index (χ3n) is 4.30. The maximum atomic E-state index is 12.4. The molecule has 7 heteroatoms. The molecule has 1 atom stereocenters. The maximum Gasteiger partial charge on any atom is 0.284 e. The highest BCUT2D eigenvalue weighted by Crippen LogP contribution is 2.31. The SMILES string of the molecule is C/C(=N/NC(=O)[C@H]1COc2ccccc2O1)c1ccc2c(c1)OCCCO2. The van der Waals surface area contributed by atoms with Gasteiger partial charge in [0.2, 0.25) is 6.10 Å². The van der Waals surface area contributed by atoms with E-state index in [4.69, 9.17) is 18.9 Å². The van der Waals surface area contributed by atoms with Crippen molar-refractivity contribution in [3.05, 3.63) is 48.0 Å². The molecule has 0 aromatic heterocycles. The van der Waals surface area contributed by atoms with Crippen LogP contribution in [-0.2, 0) is 4.79 Å². The fourth-order valence-electron chi connectivity index (χ4n) is 2.81. The van der Waals surface area contributed by atoms with Crippen LogP contribution in [0.4, 0.5) is 0 Å². The Labute approximate surface area is 156 Å². The lowest BCUT2D eigenvalue weighted by Crippen LogP contribution is -2.42. The van der Waals surface area contributed by atoms with Gasteiger partial charge < -0.3 is 18.9 Å². The van der Waals surface area contributed by atoms with Gasteiger partial charge in [-0.25, -0.2) is 5.43 Å². The van der Waals surface area contributed by atoms with Gasteiger partial charge in [0.1, 0.15) is 6.61 Å². The smallest absolute Gasteiger partial charge is 0.284 e. The van der Waals surface area contributed by atoms with Gasteiger partial charge in [0.15, 0.2) is 23.0 Å². The lowest BCUT2D eigenvalue weighted by Gasteiger charge is -2.24. The van der Waals surface area contributed by atoms with Crippen LogP contribution < -0.4 is 24.4 Å². The Hall–Kier alpha value is -3.22. The molecule has 7 nitrogen and oxygen atoms in total. The zero-order valence-electron chi connectivity index (χ0n) is 14.9. The summed E-state index contributed by atoms with van der Waals surface area (Å²) in [5.41, 5.74) is 4.03. The third-order valence-corrected chi connectivity index (χ3v) is 4.30. The predicted molar refractivity (Wildman–Crippen MR) is 98.8 cm³/mol. The molecule has 0 saturated heterocycles. The number of hydrazone groups is 1. The van der Waals surface area contributed by atoms with Gasteiger partial charge in [0, 0.05) is 12.0 Å². The van der Waals surface area contributed by atoms with Gasteiger partial charge in [0.25, 0.3) is 5.91 Å². The number of carbonyl (C=O) groups is 1. The van der Waals surface area contributed by atoms with Crippen LogP contribution in [0, 0.1) is 0 Å². The summed E-state index contributed by atoms with van der Waals surface area (Å²) in [6.45, 7) is 3.21. The van der Waals surface area contributed by atoms with E-state index in [1.165, 1.54) is 0 Å². The van der Waals surface area contributed by atoms with E-state index >= 15 is 0 Å². The minimum atomic E-state index is -0.750. The zero-order chi connectivity index (χ0) is 18.6. The van der Waals surface area contributed by atoms with Crippen LogP contribution in [0.15, 0.2) is 47.6 Å². The maximum absolute atomic E-state index is 12.4. The van der Waals surface area contributed by atoms with Crippen molar-refractivity contribution in [1.82, 2.24) is 5.43 Å². The summed E-state index contributed by atoms with van der Waals surface area (Å²) in [5.74, 6) is 2.23. The highest BCUT2D eigenvalue weighted by atomic mass is 16.6. The van der Waals surface area contributed by atoms with Crippen molar-refractivity contribution in [2.75, 3.05) is 19.8 Å². The molecular formula is C20H20N2O5. The molecular weight excluding hydrogens is 348 g/mol. The fourth-order valence-corrected chi connectivity index (χ4v) is 2.81. The first-order chi connectivity index (χ1) is 13.2. The van der Waals surface area contributed by atoms with Crippen molar-refractivity contribution in [1.29, 1.82) is 0 Å². The van der Waals surface area contributed by atoms with Crippen LogP contribution >= 0.6 is 0 Å². The van der Waals surface area contributed by atoms with Gasteiger partial charge >= 0.3 is 0 Å². The van der Waals surface area contributed by atoms with Crippen molar-refractivity contribution in [3.63, 3.8) is 0 Å². The summed E-state index contributed by atoms with van der Waals surface area (Å²) < 4.78 is 22.5. The lowest BCUT2D eigenvalue weighted by atomic mass is 10.1. The number of nitrogens with zero attached hydrogens (tertiary/aromatic N) is 1. The largest absolute Gasteiger partial charge is 0.490 e. The fraction of sp³-hybridized carbons (Fsp3) is 0.300. The number of fused-ring (bicyclic) bond motifs is 2. The number of ether oxygens (including phenoxy) is 4. The van der Waals surface area contributed by atoms with Gasteiger partial charge in [0.05, 0.1) is 18.9 Å². The van der Waals surface area contributed by atoms with Crippen molar-refractivity contribution < 1.29 is 23.7 Å². The molecule has 0 bridgehead atoms. The van der Waals surface area contributed by atoms with E-state index in [1.54, 1.807) is 12.1 Å². The average Bonchev–Trinajstić information content (AvgIpc) is 2.96. The molecule has 1 N–H and O–H groups in total. The van der Waals surface area contributed by atoms with Crippen LogP contribution in [0.2, 0.25) is 0 Å². The molecule has 2 aromatic carbocycles. The molecule has 1 amide bonds. The highest BCUT2D eigenvalue weighted by molar-refractivity contribution is 6.00. The van der Waals surface area contributed by atoms with Crippen molar-refractivity contribution >= 4 is 11.6 Å². The van der Waals surface area contributed by atoms with Gasteiger partial charge in [-0.05, 0) is 37.3 Å².